The fourth-order valence-electron chi connectivity index (χ4n) is 3.00. The van der Waals surface area contributed by atoms with Gasteiger partial charge in [-0.2, -0.15) is 0 Å². The summed E-state index contributed by atoms with van der Waals surface area (Å²) in [7, 11) is 0. The second kappa shape index (κ2) is 5.67. The minimum absolute atomic E-state index is 0.235. The molecule has 0 aromatic carbocycles. The van der Waals surface area contributed by atoms with Crippen LogP contribution in [0.2, 0.25) is 0 Å². The third kappa shape index (κ3) is 3.21. The molecule has 1 atom stereocenters. The summed E-state index contributed by atoms with van der Waals surface area (Å²) in [6.07, 6.45) is 5.06. The predicted molar refractivity (Wildman–Crippen MR) is 65.5 cm³/mol. The second-order valence-corrected chi connectivity index (χ2v) is 5.41. The lowest BCUT2D eigenvalue weighted by molar-refractivity contribution is -0.143. The number of aliphatic carboxylic acids is 1. The summed E-state index contributed by atoms with van der Waals surface area (Å²) in [4.78, 5) is 13.1. The van der Waals surface area contributed by atoms with E-state index >= 15 is 0 Å². The number of hydrogen-bond acceptors (Lipinski definition) is 2. The molecule has 0 aromatic rings. The number of likely N-dealkylation sites (tertiary alicyclic amines) is 1. The second-order valence-electron chi connectivity index (χ2n) is 5.41. The van der Waals surface area contributed by atoms with Crippen molar-refractivity contribution < 1.29 is 9.90 Å². The van der Waals surface area contributed by atoms with Crippen LogP contribution in [-0.4, -0.2) is 35.6 Å². The van der Waals surface area contributed by atoms with Gasteiger partial charge in [0.2, 0.25) is 0 Å². The van der Waals surface area contributed by atoms with Gasteiger partial charge in [0.25, 0.3) is 0 Å². The van der Waals surface area contributed by atoms with Crippen molar-refractivity contribution >= 4 is 5.97 Å². The van der Waals surface area contributed by atoms with E-state index in [0.717, 1.165) is 13.1 Å². The molecule has 1 aliphatic rings. The lowest BCUT2D eigenvalue weighted by atomic mass is 9.72. The van der Waals surface area contributed by atoms with Crippen molar-refractivity contribution in [2.75, 3.05) is 19.6 Å². The first-order valence-corrected chi connectivity index (χ1v) is 6.48. The fraction of sp³-hybridized carbons (Fsp3) is 0.923. The van der Waals surface area contributed by atoms with Crippen LogP contribution in [0.5, 0.6) is 0 Å². The van der Waals surface area contributed by atoms with Gasteiger partial charge in [-0.3, -0.25) is 4.79 Å². The zero-order valence-corrected chi connectivity index (χ0v) is 10.8. The smallest absolute Gasteiger partial charge is 0.307 e. The van der Waals surface area contributed by atoms with Crippen molar-refractivity contribution in [2.24, 2.45) is 11.3 Å². The van der Waals surface area contributed by atoms with Crippen molar-refractivity contribution in [3.8, 4) is 0 Å². The molecule has 16 heavy (non-hydrogen) atoms. The number of rotatable bonds is 7. The van der Waals surface area contributed by atoms with Gasteiger partial charge >= 0.3 is 5.97 Å². The highest BCUT2D eigenvalue weighted by molar-refractivity contribution is 5.69. The van der Waals surface area contributed by atoms with Crippen LogP contribution in [0, 0.1) is 11.3 Å². The standard InChI is InChI=1S/C13H25NO2/c1-4-6-13(7-5-2)9-14(10-13)8-11(3)12(15)16/h11H,4-10H2,1-3H3,(H,15,16). The van der Waals surface area contributed by atoms with Crippen LogP contribution in [0.4, 0.5) is 0 Å². The van der Waals surface area contributed by atoms with Gasteiger partial charge in [-0.15, -0.1) is 0 Å². The van der Waals surface area contributed by atoms with Gasteiger partial charge in [0, 0.05) is 19.6 Å². The van der Waals surface area contributed by atoms with Crippen molar-refractivity contribution in [2.45, 2.75) is 46.5 Å². The van der Waals surface area contributed by atoms with Crippen LogP contribution >= 0.6 is 0 Å². The Balaban J connectivity index is 2.35. The molecule has 1 N–H and O–H groups in total. The SMILES string of the molecule is CCCC1(CCC)CN(CC(C)C(=O)O)C1. The lowest BCUT2D eigenvalue weighted by Gasteiger charge is -2.51. The number of hydrogen-bond donors (Lipinski definition) is 1. The van der Waals surface area contributed by atoms with Gasteiger partial charge in [-0.25, -0.2) is 0 Å². The summed E-state index contributed by atoms with van der Waals surface area (Å²) in [6.45, 7) is 9.19. The topological polar surface area (TPSA) is 40.5 Å². The highest BCUT2D eigenvalue weighted by atomic mass is 16.4. The van der Waals surface area contributed by atoms with Crippen molar-refractivity contribution in [1.82, 2.24) is 4.90 Å². The Labute approximate surface area is 98.8 Å². The molecule has 0 aliphatic carbocycles. The van der Waals surface area contributed by atoms with E-state index in [1.54, 1.807) is 6.92 Å². The van der Waals surface area contributed by atoms with Crippen molar-refractivity contribution in [3.05, 3.63) is 0 Å². The molecule has 3 nitrogen and oxygen atoms in total. The van der Waals surface area contributed by atoms with E-state index in [-0.39, 0.29) is 5.92 Å². The van der Waals surface area contributed by atoms with Gasteiger partial charge in [0.05, 0.1) is 5.92 Å². The zero-order valence-electron chi connectivity index (χ0n) is 10.8. The van der Waals surface area contributed by atoms with Crippen LogP contribution in [0.25, 0.3) is 0 Å². The average molecular weight is 227 g/mol. The molecule has 1 fully saturated rings. The summed E-state index contributed by atoms with van der Waals surface area (Å²) >= 11 is 0. The minimum atomic E-state index is -0.677. The highest BCUT2D eigenvalue weighted by Crippen LogP contribution is 2.39. The van der Waals surface area contributed by atoms with Gasteiger partial charge in [0.15, 0.2) is 0 Å². The number of carboxylic acids is 1. The molecule has 1 saturated heterocycles. The molecule has 0 bridgehead atoms. The van der Waals surface area contributed by atoms with Crippen LogP contribution in [0.15, 0.2) is 0 Å². The molecule has 1 heterocycles. The Morgan fingerprint density at radius 1 is 1.31 bits per heavy atom. The third-order valence-corrected chi connectivity index (χ3v) is 3.63. The number of carbonyl (C=O) groups is 1. The third-order valence-electron chi connectivity index (χ3n) is 3.63. The van der Waals surface area contributed by atoms with Gasteiger partial charge < -0.3 is 10.0 Å². The quantitative estimate of drug-likeness (QED) is 0.727. The zero-order chi connectivity index (χ0) is 12.2. The number of nitrogens with zero attached hydrogens (tertiary/aromatic N) is 1. The first-order valence-electron chi connectivity index (χ1n) is 6.48. The van der Waals surface area contributed by atoms with E-state index in [2.05, 4.69) is 18.7 Å². The molecule has 1 aliphatic heterocycles. The summed E-state index contributed by atoms with van der Waals surface area (Å²) in [6, 6.07) is 0. The molecular formula is C13H25NO2. The summed E-state index contributed by atoms with van der Waals surface area (Å²) in [5, 5.41) is 8.86. The van der Waals surface area contributed by atoms with Gasteiger partial charge in [-0.05, 0) is 18.3 Å². The molecule has 0 amide bonds. The average Bonchev–Trinajstić information content (AvgIpc) is 2.15. The van der Waals surface area contributed by atoms with Crippen LogP contribution in [0.1, 0.15) is 46.5 Å². The van der Waals surface area contributed by atoms with E-state index in [1.165, 1.54) is 25.7 Å². The van der Waals surface area contributed by atoms with Crippen LogP contribution in [0.3, 0.4) is 0 Å². The molecule has 0 radical (unpaired) electrons. The molecule has 94 valence electrons. The molecule has 3 heteroatoms. The molecule has 0 aromatic heterocycles. The van der Waals surface area contributed by atoms with E-state index in [4.69, 9.17) is 5.11 Å². The summed E-state index contributed by atoms with van der Waals surface area (Å²) in [5.74, 6) is -0.912. The van der Waals surface area contributed by atoms with Crippen LogP contribution < -0.4 is 0 Å². The first kappa shape index (κ1) is 13.5. The van der Waals surface area contributed by atoms with Gasteiger partial charge in [-0.1, -0.05) is 33.6 Å². The Hall–Kier alpha value is -0.570. The van der Waals surface area contributed by atoms with Crippen molar-refractivity contribution in [3.63, 3.8) is 0 Å². The van der Waals surface area contributed by atoms with E-state index in [1.807, 2.05) is 0 Å². The molecule has 1 rings (SSSR count). The van der Waals surface area contributed by atoms with E-state index in [0.29, 0.717) is 12.0 Å². The predicted octanol–water partition coefficient (Wildman–Crippen LogP) is 2.61. The van der Waals surface area contributed by atoms with Crippen LogP contribution in [-0.2, 0) is 4.79 Å². The Kier molecular flexibility index (Phi) is 4.78. The molecular weight excluding hydrogens is 202 g/mol. The summed E-state index contributed by atoms with van der Waals surface area (Å²) in [5.41, 5.74) is 0.502. The number of carboxylic acid groups (broad SMARTS) is 1. The maximum atomic E-state index is 10.8. The van der Waals surface area contributed by atoms with Gasteiger partial charge in [0.1, 0.15) is 0 Å². The lowest BCUT2D eigenvalue weighted by Crippen LogP contribution is -2.57. The molecule has 0 saturated carbocycles. The highest BCUT2D eigenvalue weighted by Gasteiger charge is 2.41. The Morgan fingerprint density at radius 2 is 1.81 bits per heavy atom. The normalized spacial score (nSPS) is 21.4. The van der Waals surface area contributed by atoms with E-state index in [9.17, 15) is 4.79 Å². The Bertz CT molecular complexity index is 226. The largest absolute Gasteiger partial charge is 0.481 e. The molecule has 0 spiro atoms. The monoisotopic (exact) mass is 227 g/mol. The minimum Gasteiger partial charge on any atom is -0.481 e. The summed E-state index contributed by atoms with van der Waals surface area (Å²) < 4.78 is 0. The maximum Gasteiger partial charge on any atom is 0.307 e. The first-order chi connectivity index (χ1) is 7.53. The maximum absolute atomic E-state index is 10.8. The van der Waals surface area contributed by atoms with E-state index < -0.39 is 5.97 Å². The van der Waals surface area contributed by atoms with Crippen molar-refractivity contribution in [1.29, 1.82) is 0 Å². The molecule has 1 unspecified atom stereocenters. The Morgan fingerprint density at radius 3 is 2.19 bits per heavy atom. The fourth-order valence-corrected chi connectivity index (χ4v) is 3.00.